The number of hydrogen-bond donors (Lipinski definition) is 2. The highest BCUT2D eigenvalue weighted by Gasteiger charge is 2.40. The molecule has 0 saturated carbocycles. The van der Waals surface area contributed by atoms with Crippen LogP contribution in [0.25, 0.3) is 0 Å². The van der Waals surface area contributed by atoms with Gasteiger partial charge in [0.05, 0.1) is 7.11 Å². The first-order valence-corrected chi connectivity index (χ1v) is 11.9. The Morgan fingerprint density at radius 3 is 2.20 bits per heavy atom. The summed E-state index contributed by atoms with van der Waals surface area (Å²) in [4.78, 5) is 53.2. The summed E-state index contributed by atoms with van der Waals surface area (Å²) in [6.07, 6.45) is 0.695. The standard InChI is InChI=1S/C26H39N3O6/c1-25(2,3)20(28-24(33)35-26(4,5)6)21(30)27-18(16-17-12-9-8-10-13-17)22(31)29-15-11-14-19(29)23(32)34-7/h8-10,12-13,18-20H,11,14-16H2,1-7H3,(H,27,30)(H,28,33)/t18-,19+,20-/m0/s1. The van der Waals surface area contributed by atoms with Crippen LogP contribution in [-0.2, 0) is 30.3 Å². The minimum absolute atomic E-state index is 0.235. The number of esters is 1. The second-order valence-electron chi connectivity index (χ2n) is 10.9. The lowest BCUT2D eigenvalue weighted by molar-refractivity contribution is -0.152. The molecular formula is C26H39N3O6. The molecule has 9 heteroatoms. The van der Waals surface area contributed by atoms with E-state index in [9.17, 15) is 19.2 Å². The lowest BCUT2D eigenvalue weighted by Crippen LogP contribution is -2.59. The molecule has 1 aromatic rings. The summed E-state index contributed by atoms with van der Waals surface area (Å²) in [5, 5.41) is 5.50. The number of nitrogens with zero attached hydrogens (tertiary/aromatic N) is 1. The highest BCUT2D eigenvalue weighted by molar-refractivity contribution is 5.93. The van der Waals surface area contributed by atoms with Crippen LogP contribution in [0.2, 0.25) is 0 Å². The Hall–Kier alpha value is -3.10. The number of carbonyl (C=O) groups excluding carboxylic acids is 4. The van der Waals surface area contributed by atoms with Crippen LogP contribution < -0.4 is 10.6 Å². The smallest absolute Gasteiger partial charge is 0.408 e. The van der Waals surface area contributed by atoms with Crippen molar-refractivity contribution in [1.29, 1.82) is 0 Å². The Morgan fingerprint density at radius 1 is 1.03 bits per heavy atom. The fourth-order valence-corrected chi connectivity index (χ4v) is 4.02. The quantitative estimate of drug-likeness (QED) is 0.570. The molecule has 3 atom stereocenters. The van der Waals surface area contributed by atoms with Gasteiger partial charge in [-0.2, -0.15) is 0 Å². The molecule has 0 aliphatic carbocycles. The van der Waals surface area contributed by atoms with Gasteiger partial charge < -0.3 is 25.0 Å². The van der Waals surface area contributed by atoms with Crippen molar-refractivity contribution in [3.63, 3.8) is 0 Å². The number of nitrogens with one attached hydrogen (secondary N) is 2. The second kappa shape index (κ2) is 11.6. The third-order valence-electron chi connectivity index (χ3n) is 5.70. The maximum atomic E-state index is 13.6. The first-order valence-electron chi connectivity index (χ1n) is 11.9. The lowest BCUT2D eigenvalue weighted by Gasteiger charge is -2.33. The van der Waals surface area contributed by atoms with Gasteiger partial charge in [-0.15, -0.1) is 0 Å². The van der Waals surface area contributed by atoms with Crippen molar-refractivity contribution < 1.29 is 28.7 Å². The fraction of sp³-hybridized carbons (Fsp3) is 0.615. The Balaban J connectivity index is 2.29. The molecule has 1 saturated heterocycles. The van der Waals surface area contributed by atoms with Crippen molar-refractivity contribution >= 4 is 23.9 Å². The van der Waals surface area contributed by atoms with Crippen molar-refractivity contribution in [2.45, 2.75) is 84.5 Å². The average Bonchev–Trinajstić information content (AvgIpc) is 3.24. The molecule has 0 bridgehead atoms. The van der Waals surface area contributed by atoms with Gasteiger partial charge in [-0.1, -0.05) is 51.1 Å². The van der Waals surface area contributed by atoms with Crippen LogP contribution in [0.15, 0.2) is 30.3 Å². The van der Waals surface area contributed by atoms with Crippen LogP contribution in [0.3, 0.4) is 0 Å². The van der Waals surface area contributed by atoms with Gasteiger partial charge in [0.15, 0.2) is 0 Å². The van der Waals surface area contributed by atoms with Crippen molar-refractivity contribution in [3.8, 4) is 0 Å². The van der Waals surface area contributed by atoms with Crippen LogP contribution in [0.1, 0.15) is 59.9 Å². The van der Waals surface area contributed by atoms with E-state index in [0.29, 0.717) is 19.4 Å². The van der Waals surface area contributed by atoms with Gasteiger partial charge in [0, 0.05) is 13.0 Å². The van der Waals surface area contributed by atoms with Crippen LogP contribution >= 0.6 is 0 Å². The molecule has 1 fully saturated rings. The maximum absolute atomic E-state index is 13.6. The summed E-state index contributed by atoms with van der Waals surface area (Å²) in [6.45, 7) is 11.1. The van der Waals surface area contributed by atoms with Gasteiger partial charge in [-0.3, -0.25) is 9.59 Å². The van der Waals surface area contributed by atoms with E-state index in [1.807, 2.05) is 51.1 Å². The normalized spacial score (nSPS) is 17.8. The van der Waals surface area contributed by atoms with E-state index in [4.69, 9.17) is 9.47 Å². The number of carbonyl (C=O) groups is 4. The highest BCUT2D eigenvalue weighted by Crippen LogP contribution is 2.23. The molecule has 0 spiro atoms. The topological polar surface area (TPSA) is 114 Å². The summed E-state index contributed by atoms with van der Waals surface area (Å²) < 4.78 is 10.2. The Labute approximate surface area is 207 Å². The van der Waals surface area contributed by atoms with Gasteiger partial charge in [-0.25, -0.2) is 9.59 Å². The first-order chi connectivity index (χ1) is 16.2. The zero-order valence-corrected chi connectivity index (χ0v) is 21.8. The molecule has 2 rings (SSSR count). The van der Waals surface area contributed by atoms with Gasteiger partial charge in [0.1, 0.15) is 23.7 Å². The van der Waals surface area contributed by atoms with Crippen LogP contribution in [0, 0.1) is 5.41 Å². The lowest BCUT2D eigenvalue weighted by atomic mass is 9.86. The van der Waals surface area contributed by atoms with Gasteiger partial charge in [-0.05, 0) is 44.6 Å². The molecule has 1 aromatic carbocycles. The fourth-order valence-electron chi connectivity index (χ4n) is 4.02. The van der Waals surface area contributed by atoms with Crippen LogP contribution in [-0.4, -0.2) is 66.2 Å². The number of amides is 3. The third kappa shape index (κ3) is 8.26. The molecule has 0 unspecified atom stereocenters. The number of alkyl carbamates (subject to hydrolysis) is 1. The number of hydrogen-bond acceptors (Lipinski definition) is 6. The molecule has 35 heavy (non-hydrogen) atoms. The minimum Gasteiger partial charge on any atom is -0.467 e. The van der Waals surface area contributed by atoms with E-state index in [0.717, 1.165) is 5.56 Å². The summed E-state index contributed by atoms with van der Waals surface area (Å²) in [6, 6.07) is 6.75. The van der Waals surface area contributed by atoms with Gasteiger partial charge >= 0.3 is 12.1 Å². The summed E-state index contributed by atoms with van der Waals surface area (Å²) in [7, 11) is 1.29. The van der Waals surface area contributed by atoms with Crippen molar-refractivity contribution in [2.75, 3.05) is 13.7 Å². The Kier molecular flexibility index (Phi) is 9.29. The van der Waals surface area contributed by atoms with Crippen molar-refractivity contribution in [1.82, 2.24) is 15.5 Å². The molecule has 194 valence electrons. The second-order valence-corrected chi connectivity index (χ2v) is 10.9. The molecule has 0 radical (unpaired) electrons. The molecule has 1 aliphatic heterocycles. The Bertz CT molecular complexity index is 904. The van der Waals surface area contributed by atoms with Gasteiger partial charge in [0.25, 0.3) is 0 Å². The molecule has 0 aromatic heterocycles. The van der Waals surface area contributed by atoms with Crippen molar-refractivity contribution in [3.05, 3.63) is 35.9 Å². The third-order valence-corrected chi connectivity index (χ3v) is 5.70. The maximum Gasteiger partial charge on any atom is 0.408 e. The number of benzene rings is 1. The SMILES string of the molecule is COC(=O)[C@H]1CCCN1C(=O)[C@H](Cc1ccccc1)NC(=O)[C@H](NC(=O)OC(C)(C)C)C(C)(C)C. The molecule has 1 heterocycles. The molecule has 3 amide bonds. The number of ether oxygens (including phenoxy) is 2. The molecule has 9 nitrogen and oxygen atoms in total. The van der Waals surface area contributed by atoms with Crippen molar-refractivity contribution in [2.24, 2.45) is 5.41 Å². The van der Waals surface area contributed by atoms with E-state index >= 15 is 0 Å². The minimum atomic E-state index is -0.960. The Morgan fingerprint density at radius 2 is 1.66 bits per heavy atom. The first kappa shape index (κ1) is 28.1. The van der Waals surface area contributed by atoms with E-state index in [2.05, 4.69) is 10.6 Å². The predicted octanol–water partition coefficient (Wildman–Crippen LogP) is 2.82. The van der Waals surface area contributed by atoms with E-state index in [1.165, 1.54) is 12.0 Å². The average molecular weight is 490 g/mol. The monoisotopic (exact) mass is 489 g/mol. The largest absolute Gasteiger partial charge is 0.467 e. The van der Waals surface area contributed by atoms with Crippen LogP contribution in [0.4, 0.5) is 4.79 Å². The van der Waals surface area contributed by atoms with Crippen LogP contribution in [0.5, 0.6) is 0 Å². The zero-order valence-electron chi connectivity index (χ0n) is 21.8. The molecule has 2 N–H and O–H groups in total. The number of methoxy groups -OCH3 is 1. The van der Waals surface area contributed by atoms with Gasteiger partial charge in [0.2, 0.25) is 11.8 Å². The van der Waals surface area contributed by atoms with E-state index in [1.54, 1.807) is 20.8 Å². The number of likely N-dealkylation sites (tertiary alicyclic amines) is 1. The molecule has 1 aliphatic rings. The van der Waals surface area contributed by atoms with E-state index in [-0.39, 0.29) is 12.3 Å². The summed E-state index contributed by atoms with van der Waals surface area (Å²) >= 11 is 0. The predicted molar refractivity (Wildman–Crippen MR) is 131 cm³/mol. The van der Waals surface area contributed by atoms with E-state index < -0.39 is 47.1 Å². The summed E-state index contributed by atoms with van der Waals surface area (Å²) in [5.74, 6) is -1.34. The zero-order chi connectivity index (χ0) is 26.4. The summed E-state index contributed by atoms with van der Waals surface area (Å²) in [5.41, 5.74) is -0.538. The highest BCUT2D eigenvalue weighted by atomic mass is 16.6. The molecular weight excluding hydrogens is 450 g/mol. The number of rotatable bonds is 7.